The number of nitrogens with one attached hydrogen (secondary N) is 1. The van der Waals surface area contributed by atoms with E-state index in [4.69, 9.17) is 9.47 Å². The highest BCUT2D eigenvalue weighted by Crippen LogP contribution is 2.16. The van der Waals surface area contributed by atoms with Gasteiger partial charge in [0.2, 0.25) is 0 Å². The third kappa shape index (κ3) is 4.56. The quantitative estimate of drug-likeness (QED) is 0.772. The molecule has 0 amide bonds. The first kappa shape index (κ1) is 13.3. The van der Waals surface area contributed by atoms with E-state index in [0.717, 1.165) is 17.0 Å². The molecule has 1 N–H and O–H groups in total. The number of anilines is 1. The first-order valence-corrected chi connectivity index (χ1v) is 6.08. The number of nitrogens with zero attached hydrogens (tertiary/aromatic N) is 2. The Balaban J connectivity index is 1.81. The van der Waals surface area contributed by atoms with Gasteiger partial charge in [0.05, 0.1) is 6.61 Å². The maximum absolute atomic E-state index is 5.49. The van der Waals surface area contributed by atoms with Crippen LogP contribution in [0.1, 0.15) is 5.56 Å². The summed E-state index contributed by atoms with van der Waals surface area (Å²) in [6.45, 7) is 1.85. The largest absolute Gasteiger partial charge is 0.491 e. The molecule has 100 valence electrons. The molecule has 0 saturated heterocycles. The van der Waals surface area contributed by atoms with E-state index in [1.165, 1.54) is 6.33 Å². The molecule has 0 aliphatic rings. The van der Waals surface area contributed by atoms with E-state index in [1.54, 1.807) is 19.5 Å². The fraction of sp³-hybridized carbons (Fsp3) is 0.286. The molecule has 0 unspecified atom stereocenters. The number of hydrogen-bond donors (Lipinski definition) is 1. The van der Waals surface area contributed by atoms with Gasteiger partial charge in [0.25, 0.3) is 0 Å². The van der Waals surface area contributed by atoms with Crippen LogP contribution < -0.4 is 10.1 Å². The topological polar surface area (TPSA) is 56.3 Å². The van der Waals surface area contributed by atoms with Gasteiger partial charge < -0.3 is 14.8 Å². The molecule has 19 heavy (non-hydrogen) atoms. The smallest absolute Gasteiger partial charge is 0.119 e. The van der Waals surface area contributed by atoms with Crippen molar-refractivity contribution in [1.82, 2.24) is 9.97 Å². The van der Waals surface area contributed by atoms with Crippen molar-refractivity contribution in [3.63, 3.8) is 0 Å². The van der Waals surface area contributed by atoms with Crippen molar-refractivity contribution in [3.8, 4) is 5.75 Å². The highest BCUT2D eigenvalue weighted by Gasteiger charge is 1.96. The lowest BCUT2D eigenvalue weighted by atomic mass is 10.3. The Labute approximate surface area is 112 Å². The molecule has 1 aromatic heterocycles. The van der Waals surface area contributed by atoms with Crippen LogP contribution in [0.4, 0.5) is 5.69 Å². The Bertz CT molecular complexity index is 474. The predicted molar refractivity (Wildman–Crippen MR) is 73.2 cm³/mol. The molecule has 0 saturated carbocycles. The maximum atomic E-state index is 5.49. The highest BCUT2D eigenvalue weighted by atomic mass is 16.5. The molecule has 5 nitrogen and oxygen atoms in total. The Morgan fingerprint density at radius 2 is 1.79 bits per heavy atom. The van der Waals surface area contributed by atoms with Crippen molar-refractivity contribution in [2.45, 2.75) is 6.54 Å². The van der Waals surface area contributed by atoms with Gasteiger partial charge in [-0.15, -0.1) is 0 Å². The van der Waals surface area contributed by atoms with E-state index in [1.807, 2.05) is 24.3 Å². The molecular weight excluding hydrogens is 242 g/mol. The highest BCUT2D eigenvalue weighted by molar-refractivity contribution is 5.46. The lowest BCUT2D eigenvalue weighted by Crippen LogP contribution is -2.04. The number of rotatable bonds is 7. The van der Waals surface area contributed by atoms with Crippen LogP contribution in [0.3, 0.4) is 0 Å². The van der Waals surface area contributed by atoms with Crippen LogP contribution in [0.25, 0.3) is 0 Å². The van der Waals surface area contributed by atoms with Gasteiger partial charge in [-0.1, -0.05) is 0 Å². The van der Waals surface area contributed by atoms with Gasteiger partial charge in [0.15, 0.2) is 0 Å². The fourth-order valence-electron chi connectivity index (χ4n) is 1.54. The molecule has 2 aromatic rings. The number of benzene rings is 1. The van der Waals surface area contributed by atoms with E-state index < -0.39 is 0 Å². The zero-order chi connectivity index (χ0) is 13.3. The second kappa shape index (κ2) is 7.33. The van der Waals surface area contributed by atoms with E-state index >= 15 is 0 Å². The summed E-state index contributed by atoms with van der Waals surface area (Å²) in [5.41, 5.74) is 2.07. The molecule has 5 heteroatoms. The van der Waals surface area contributed by atoms with Crippen LogP contribution in [0.5, 0.6) is 5.75 Å². The van der Waals surface area contributed by atoms with Crippen molar-refractivity contribution in [1.29, 1.82) is 0 Å². The molecular formula is C14H17N3O2. The number of ether oxygens (including phenoxy) is 2. The van der Waals surface area contributed by atoms with Gasteiger partial charge in [-0.25, -0.2) is 9.97 Å². The first-order valence-electron chi connectivity index (χ1n) is 6.08. The minimum atomic E-state index is 0.560. The third-order valence-electron chi connectivity index (χ3n) is 2.52. The lowest BCUT2D eigenvalue weighted by molar-refractivity contribution is 0.146. The Morgan fingerprint density at radius 3 is 2.47 bits per heavy atom. The summed E-state index contributed by atoms with van der Waals surface area (Å²) in [5.74, 6) is 0.839. The molecule has 0 atom stereocenters. The second-order valence-corrected chi connectivity index (χ2v) is 3.97. The average Bonchev–Trinajstić information content (AvgIpc) is 2.48. The van der Waals surface area contributed by atoms with Gasteiger partial charge >= 0.3 is 0 Å². The predicted octanol–water partition coefficient (Wildman–Crippen LogP) is 2.11. The van der Waals surface area contributed by atoms with E-state index in [0.29, 0.717) is 19.8 Å². The lowest BCUT2D eigenvalue weighted by Gasteiger charge is -2.08. The molecule has 0 aliphatic heterocycles. The number of aromatic nitrogens is 2. The summed E-state index contributed by atoms with van der Waals surface area (Å²) in [6.07, 6.45) is 5.11. The van der Waals surface area contributed by atoms with Crippen molar-refractivity contribution in [2.24, 2.45) is 0 Å². The average molecular weight is 259 g/mol. The SMILES string of the molecule is COCCOc1ccc(NCc2cncnc2)cc1. The first-order chi connectivity index (χ1) is 9.38. The molecule has 1 aromatic carbocycles. The number of hydrogen-bond acceptors (Lipinski definition) is 5. The van der Waals surface area contributed by atoms with Crippen LogP contribution in [0.2, 0.25) is 0 Å². The summed E-state index contributed by atoms with van der Waals surface area (Å²) in [4.78, 5) is 7.94. The molecule has 0 bridgehead atoms. The van der Waals surface area contributed by atoms with Crippen molar-refractivity contribution >= 4 is 5.69 Å². The molecule has 0 spiro atoms. The monoisotopic (exact) mass is 259 g/mol. The zero-order valence-electron chi connectivity index (χ0n) is 10.9. The van der Waals surface area contributed by atoms with Gasteiger partial charge in [0.1, 0.15) is 18.7 Å². The number of methoxy groups -OCH3 is 1. The summed E-state index contributed by atoms with van der Waals surface area (Å²) in [6, 6.07) is 7.82. The van der Waals surface area contributed by atoms with Crippen LogP contribution >= 0.6 is 0 Å². The van der Waals surface area contributed by atoms with Crippen molar-refractivity contribution in [3.05, 3.63) is 48.5 Å². The zero-order valence-corrected chi connectivity index (χ0v) is 10.9. The van der Waals surface area contributed by atoms with Gasteiger partial charge in [0, 0.05) is 37.3 Å². The summed E-state index contributed by atoms with van der Waals surface area (Å²) in [5, 5.41) is 3.30. The fourth-order valence-corrected chi connectivity index (χ4v) is 1.54. The van der Waals surface area contributed by atoms with Crippen molar-refractivity contribution in [2.75, 3.05) is 25.6 Å². The van der Waals surface area contributed by atoms with Crippen LogP contribution in [-0.4, -0.2) is 30.3 Å². The minimum Gasteiger partial charge on any atom is -0.491 e. The normalized spacial score (nSPS) is 10.2. The van der Waals surface area contributed by atoms with E-state index in [2.05, 4.69) is 15.3 Å². The summed E-state index contributed by atoms with van der Waals surface area (Å²) >= 11 is 0. The van der Waals surface area contributed by atoms with Crippen LogP contribution in [0, 0.1) is 0 Å². The van der Waals surface area contributed by atoms with Crippen molar-refractivity contribution < 1.29 is 9.47 Å². The standard InChI is InChI=1S/C14H17N3O2/c1-18-6-7-19-14-4-2-13(3-5-14)17-10-12-8-15-11-16-9-12/h2-5,8-9,11,17H,6-7,10H2,1H3. The van der Waals surface area contributed by atoms with Gasteiger partial charge in [-0.05, 0) is 24.3 Å². The van der Waals surface area contributed by atoms with Gasteiger partial charge in [-0.3, -0.25) is 0 Å². The second-order valence-electron chi connectivity index (χ2n) is 3.97. The van der Waals surface area contributed by atoms with E-state index in [9.17, 15) is 0 Å². The Morgan fingerprint density at radius 1 is 1.05 bits per heavy atom. The molecule has 0 radical (unpaired) electrons. The molecule has 2 rings (SSSR count). The van der Waals surface area contributed by atoms with E-state index in [-0.39, 0.29) is 0 Å². The maximum Gasteiger partial charge on any atom is 0.119 e. The Kier molecular flexibility index (Phi) is 5.13. The third-order valence-corrected chi connectivity index (χ3v) is 2.52. The molecule has 0 aliphatic carbocycles. The molecule has 1 heterocycles. The van der Waals surface area contributed by atoms with Crippen LogP contribution in [0.15, 0.2) is 43.0 Å². The minimum absolute atomic E-state index is 0.560. The summed E-state index contributed by atoms with van der Waals surface area (Å²) in [7, 11) is 1.66. The Hall–Kier alpha value is -2.14. The summed E-state index contributed by atoms with van der Waals surface area (Å²) < 4.78 is 10.4. The molecule has 0 fully saturated rings. The van der Waals surface area contributed by atoms with Gasteiger partial charge in [-0.2, -0.15) is 0 Å². The van der Waals surface area contributed by atoms with Crippen LogP contribution in [-0.2, 0) is 11.3 Å².